The van der Waals surface area contributed by atoms with Gasteiger partial charge in [-0.05, 0) is 69.7 Å². The fourth-order valence-corrected chi connectivity index (χ4v) is 4.41. The van der Waals surface area contributed by atoms with Crippen molar-refractivity contribution in [3.63, 3.8) is 0 Å². The molecule has 1 N–H and O–H groups in total. The normalized spacial score (nSPS) is 11.8. The highest BCUT2D eigenvalue weighted by atomic mass is 35.5. The lowest BCUT2D eigenvalue weighted by molar-refractivity contribution is -0.121. The Morgan fingerprint density at radius 2 is 1.75 bits per heavy atom. The van der Waals surface area contributed by atoms with Crippen molar-refractivity contribution in [1.82, 2.24) is 5.32 Å². The Morgan fingerprint density at radius 3 is 2.29 bits per heavy atom. The van der Waals surface area contributed by atoms with Crippen molar-refractivity contribution in [3.05, 3.63) is 53.1 Å². The number of nitrogens with one attached hydrogen (secondary N) is 1. The van der Waals surface area contributed by atoms with Crippen LogP contribution >= 0.6 is 11.6 Å². The molecule has 152 valence electrons. The molecule has 28 heavy (non-hydrogen) atoms. The Balaban J connectivity index is 2.56. The maximum Gasteiger partial charge on any atom is 0.268 e. The Kier molecular flexibility index (Phi) is 6.62. The second-order valence-corrected chi connectivity index (χ2v) is 9.71. The highest BCUT2D eigenvalue weighted by Gasteiger charge is 2.31. The van der Waals surface area contributed by atoms with Gasteiger partial charge in [0.15, 0.2) is 0 Å². The molecule has 0 aliphatic carbocycles. The average Bonchev–Trinajstić information content (AvgIpc) is 2.59. The molecule has 0 saturated carbocycles. The van der Waals surface area contributed by atoms with E-state index in [0.29, 0.717) is 10.7 Å². The molecule has 1 amide bonds. The number of halogens is 1. The van der Waals surface area contributed by atoms with Crippen LogP contribution in [0.3, 0.4) is 0 Å². The van der Waals surface area contributed by atoms with Gasteiger partial charge in [-0.2, -0.15) is 0 Å². The third kappa shape index (κ3) is 5.39. The van der Waals surface area contributed by atoms with E-state index in [1.165, 1.54) is 13.2 Å². The summed E-state index contributed by atoms with van der Waals surface area (Å²) in [6.45, 7) is 6.90. The van der Waals surface area contributed by atoms with Crippen LogP contribution in [-0.2, 0) is 14.8 Å². The first kappa shape index (κ1) is 22.0. The highest BCUT2D eigenvalue weighted by molar-refractivity contribution is 7.93. The number of hydrogen-bond donors (Lipinski definition) is 1. The largest absolute Gasteiger partial charge is 0.495 e. The lowest BCUT2D eigenvalue weighted by Gasteiger charge is -2.27. The van der Waals surface area contributed by atoms with E-state index < -0.39 is 21.5 Å². The van der Waals surface area contributed by atoms with Crippen molar-refractivity contribution in [1.29, 1.82) is 0 Å². The van der Waals surface area contributed by atoms with Gasteiger partial charge >= 0.3 is 0 Å². The summed E-state index contributed by atoms with van der Waals surface area (Å²) in [5.41, 5.74) is 0.597. The van der Waals surface area contributed by atoms with Gasteiger partial charge in [0.1, 0.15) is 17.2 Å². The molecule has 2 rings (SSSR count). The van der Waals surface area contributed by atoms with E-state index in [2.05, 4.69) is 5.32 Å². The molecule has 8 heteroatoms. The van der Waals surface area contributed by atoms with Crippen LogP contribution in [0.25, 0.3) is 0 Å². The van der Waals surface area contributed by atoms with E-state index in [4.69, 9.17) is 16.3 Å². The monoisotopic (exact) mass is 424 g/mol. The molecule has 0 radical (unpaired) electrons. The Morgan fingerprint density at radius 1 is 1.14 bits per heavy atom. The number of benzene rings is 2. The molecule has 0 spiro atoms. The van der Waals surface area contributed by atoms with E-state index in [9.17, 15) is 13.2 Å². The summed E-state index contributed by atoms with van der Waals surface area (Å²) in [7, 11) is -2.67. The van der Waals surface area contributed by atoms with Gasteiger partial charge < -0.3 is 10.1 Å². The first-order chi connectivity index (χ1) is 12.9. The van der Waals surface area contributed by atoms with Crippen molar-refractivity contribution in [2.24, 2.45) is 0 Å². The third-order valence-electron chi connectivity index (χ3n) is 3.80. The van der Waals surface area contributed by atoms with Gasteiger partial charge in [0, 0.05) is 10.6 Å². The number of anilines is 1. The molecule has 6 nitrogen and oxygen atoms in total. The molecule has 0 aliphatic rings. The van der Waals surface area contributed by atoms with Gasteiger partial charge in [-0.25, -0.2) is 8.42 Å². The zero-order valence-electron chi connectivity index (χ0n) is 16.6. The molecule has 0 aliphatic heterocycles. The van der Waals surface area contributed by atoms with Crippen LogP contribution in [0.15, 0.2) is 47.4 Å². The number of aryl methyl sites for hydroxylation is 1. The molecular weight excluding hydrogens is 400 g/mol. The minimum absolute atomic E-state index is 0.00601. The van der Waals surface area contributed by atoms with Gasteiger partial charge in [0.05, 0.1) is 12.8 Å². The van der Waals surface area contributed by atoms with Crippen molar-refractivity contribution < 1.29 is 17.9 Å². The lowest BCUT2D eigenvalue weighted by atomic mass is 10.1. The van der Waals surface area contributed by atoms with Crippen LogP contribution in [0, 0.1) is 6.92 Å². The van der Waals surface area contributed by atoms with Crippen LogP contribution in [0.2, 0.25) is 5.02 Å². The average molecular weight is 425 g/mol. The van der Waals surface area contributed by atoms with E-state index in [0.717, 1.165) is 9.87 Å². The molecule has 0 unspecified atom stereocenters. The first-order valence-electron chi connectivity index (χ1n) is 8.68. The summed E-state index contributed by atoms with van der Waals surface area (Å²) >= 11 is 5.94. The van der Waals surface area contributed by atoms with Gasteiger partial charge in [-0.15, -0.1) is 0 Å². The number of nitrogens with zero attached hydrogens (tertiary/aromatic N) is 1. The van der Waals surface area contributed by atoms with Crippen molar-refractivity contribution in [2.45, 2.75) is 38.1 Å². The zero-order chi connectivity index (χ0) is 21.1. The topological polar surface area (TPSA) is 75.7 Å². The second kappa shape index (κ2) is 8.41. The summed E-state index contributed by atoms with van der Waals surface area (Å²) in [6, 6.07) is 11.2. The lowest BCUT2D eigenvalue weighted by Crippen LogP contribution is -2.47. The standard InChI is InChI=1S/C20H25ClN2O4S/c1-14-6-11-17(27-5)18(12-14)28(25,26)23(13-19(24)22-20(2,3)4)16-9-7-15(21)8-10-16/h6-12H,13H2,1-5H3,(H,22,24). The van der Waals surface area contributed by atoms with Crippen LogP contribution in [0.1, 0.15) is 26.3 Å². The Bertz CT molecular complexity index is 951. The maximum absolute atomic E-state index is 13.5. The summed E-state index contributed by atoms with van der Waals surface area (Å²) in [6.07, 6.45) is 0. The minimum atomic E-state index is -4.08. The number of sulfonamides is 1. The predicted octanol–water partition coefficient (Wildman–Crippen LogP) is 3.77. The molecule has 0 atom stereocenters. The number of ether oxygens (including phenoxy) is 1. The Hall–Kier alpha value is -2.25. The molecular formula is C20H25ClN2O4S. The fourth-order valence-electron chi connectivity index (χ4n) is 2.61. The molecule has 2 aromatic carbocycles. The smallest absolute Gasteiger partial charge is 0.268 e. The number of methoxy groups -OCH3 is 1. The summed E-state index contributed by atoms with van der Waals surface area (Å²) in [5.74, 6) is -0.210. The summed E-state index contributed by atoms with van der Waals surface area (Å²) < 4.78 is 33.3. The Labute approximate surface area is 171 Å². The van der Waals surface area contributed by atoms with E-state index in [-0.39, 0.29) is 17.2 Å². The maximum atomic E-state index is 13.5. The second-order valence-electron chi connectivity index (χ2n) is 7.44. The van der Waals surface area contributed by atoms with Crippen LogP contribution in [0.5, 0.6) is 5.75 Å². The molecule has 0 bridgehead atoms. The summed E-state index contributed by atoms with van der Waals surface area (Å²) in [4.78, 5) is 12.5. The molecule has 0 saturated heterocycles. The SMILES string of the molecule is COc1ccc(C)cc1S(=O)(=O)N(CC(=O)NC(C)(C)C)c1ccc(Cl)cc1. The van der Waals surface area contributed by atoms with Crippen molar-refractivity contribution in [2.75, 3.05) is 18.0 Å². The number of hydrogen-bond acceptors (Lipinski definition) is 4. The highest BCUT2D eigenvalue weighted by Crippen LogP contribution is 2.31. The predicted molar refractivity (Wildman–Crippen MR) is 112 cm³/mol. The molecule has 2 aromatic rings. The van der Waals surface area contributed by atoms with E-state index >= 15 is 0 Å². The molecule has 0 aromatic heterocycles. The first-order valence-corrected chi connectivity index (χ1v) is 10.5. The van der Waals surface area contributed by atoms with Gasteiger partial charge in [-0.1, -0.05) is 17.7 Å². The quantitative estimate of drug-likeness (QED) is 0.765. The number of carbonyl (C=O) groups excluding carboxylic acids is 1. The van der Waals surface area contributed by atoms with Crippen LogP contribution < -0.4 is 14.4 Å². The van der Waals surface area contributed by atoms with Crippen molar-refractivity contribution >= 4 is 33.2 Å². The van der Waals surface area contributed by atoms with E-state index in [1.807, 2.05) is 20.8 Å². The van der Waals surface area contributed by atoms with Crippen LogP contribution in [-0.4, -0.2) is 33.5 Å². The number of rotatable bonds is 6. The third-order valence-corrected chi connectivity index (χ3v) is 5.85. The van der Waals surface area contributed by atoms with E-state index in [1.54, 1.807) is 43.3 Å². The number of carbonyl (C=O) groups is 1. The fraction of sp³-hybridized carbons (Fsp3) is 0.350. The minimum Gasteiger partial charge on any atom is -0.495 e. The molecule has 0 heterocycles. The van der Waals surface area contributed by atoms with Crippen molar-refractivity contribution in [3.8, 4) is 5.75 Å². The number of amides is 1. The van der Waals surface area contributed by atoms with Gasteiger partial charge in [0.2, 0.25) is 5.91 Å². The van der Waals surface area contributed by atoms with Gasteiger partial charge in [0.25, 0.3) is 10.0 Å². The summed E-state index contributed by atoms with van der Waals surface area (Å²) in [5, 5.41) is 3.26. The van der Waals surface area contributed by atoms with Gasteiger partial charge in [-0.3, -0.25) is 9.10 Å². The molecule has 0 fully saturated rings. The van der Waals surface area contributed by atoms with Crippen LogP contribution in [0.4, 0.5) is 5.69 Å². The zero-order valence-corrected chi connectivity index (χ0v) is 18.2.